The van der Waals surface area contributed by atoms with Gasteiger partial charge in [0.15, 0.2) is 11.5 Å². The minimum absolute atomic E-state index is 0.0249. The van der Waals surface area contributed by atoms with E-state index in [2.05, 4.69) is 35.2 Å². The zero-order valence-corrected chi connectivity index (χ0v) is 24.2. The van der Waals surface area contributed by atoms with Crippen LogP contribution in [0.15, 0.2) is 41.3 Å². The van der Waals surface area contributed by atoms with Crippen LogP contribution in [0.25, 0.3) is 0 Å². The zero-order valence-electron chi connectivity index (χ0n) is 24.2. The molecule has 0 aromatic carbocycles. The van der Waals surface area contributed by atoms with Gasteiger partial charge < -0.3 is 15.4 Å². The summed E-state index contributed by atoms with van der Waals surface area (Å²) >= 11 is 0. The van der Waals surface area contributed by atoms with Crippen molar-refractivity contribution in [2.75, 3.05) is 6.54 Å². The predicted octanol–water partition coefficient (Wildman–Crippen LogP) is 5.92. The molecule has 0 bridgehead atoms. The number of piperidine rings is 1. The lowest BCUT2D eigenvalue weighted by Crippen LogP contribution is -2.68. The van der Waals surface area contributed by atoms with Gasteiger partial charge in [-0.05, 0) is 88.9 Å². The van der Waals surface area contributed by atoms with E-state index in [1.807, 2.05) is 12.1 Å². The molecule has 4 rings (SSSR count). The Morgan fingerprint density at radius 3 is 2.40 bits per heavy atom. The number of nitrogens with one attached hydrogen (secondary N) is 2. The van der Waals surface area contributed by atoms with Gasteiger partial charge in [0.1, 0.15) is 6.07 Å². The average Bonchev–Trinajstić information content (AvgIpc) is 3.30. The number of nitriles is 1. The molecule has 0 radical (unpaired) electrons. The van der Waals surface area contributed by atoms with Crippen molar-refractivity contribution >= 4 is 5.91 Å². The van der Waals surface area contributed by atoms with E-state index in [9.17, 15) is 23.1 Å². The van der Waals surface area contributed by atoms with Crippen LogP contribution in [0.4, 0.5) is 13.2 Å². The van der Waals surface area contributed by atoms with E-state index in [1.165, 1.54) is 11.1 Å². The van der Waals surface area contributed by atoms with Gasteiger partial charge in [-0.1, -0.05) is 26.0 Å². The van der Waals surface area contributed by atoms with E-state index in [1.54, 1.807) is 33.8 Å². The van der Waals surface area contributed by atoms with Crippen molar-refractivity contribution in [3.8, 4) is 6.07 Å². The van der Waals surface area contributed by atoms with Crippen LogP contribution in [0, 0.1) is 22.7 Å². The van der Waals surface area contributed by atoms with Gasteiger partial charge in [-0.2, -0.15) is 18.4 Å². The monoisotopic (exact) mass is 559 g/mol. The molecule has 7 nitrogen and oxygen atoms in total. The molecule has 3 aliphatic rings. The summed E-state index contributed by atoms with van der Waals surface area (Å²) in [5, 5.41) is 24.1. The molecule has 3 N–H and O–H groups in total. The first-order valence-electron chi connectivity index (χ1n) is 13.8. The lowest BCUT2D eigenvalue weighted by Gasteiger charge is -2.59. The third kappa shape index (κ3) is 6.36. The molecule has 10 heteroatoms. The number of allylic oxidation sites excluding steroid dienone is 4. The summed E-state index contributed by atoms with van der Waals surface area (Å²) in [5.74, 6) is -0.800. The van der Waals surface area contributed by atoms with Crippen molar-refractivity contribution in [2.45, 2.75) is 103 Å². The summed E-state index contributed by atoms with van der Waals surface area (Å²) in [5.41, 5.74) is -0.129. The summed E-state index contributed by atoms with van der Waals surface area (Å²) in [6.45, 7) is 10.5. The highest BCUT2D eigenvalue weighted by Crippen LogP contribution is 2.51. The van der Waals surface area contributed by atoms with E-state index < -0.39 is 35.3 Å². The maximum absolute atomic E-state index is 13.5. The molecule has 1 aromatic rings. The number of amides is 1. The number of imidazole rings is 1. The zero-order chi connectivity index (χ0) is 29.7. The number of H-pyrrole nitrogens is 1. The Morgan fingerprint density at radius 2 is 1.88 bits per heavy atom. The average molecular weight is 560 g/mol. The van der Waals surface area contributed by atoms with E-state index in [-0.39, 0.29) is 35.7 Å². The summed E-state index contributed by atoms with van der Waals surface area (Å²) in [4.78, 5) is 21.2. The normalized spacial score (nSPS) is 25.7. The number of rotatable bonds is 5. The Labute approximate surface area is 234 Å². The van der Waals surface area contributed by atoms with Crippen molar-refractivity contribution in [2.24, 2.45) is 11.3 Å². The van der Waals surface area contributed by atoms with E-state index in [0.29, 0.717) is 12.1 Å². The van der Waals surface area contributed by atoms with Crippen molar-refractivity contribution in [3.05, 3.63) is 52.8 Å². The molecule has 0 saturated carbocycles. The van der Waals surface area contributed by atoms with Gasteiger partial charge in [-0.25, -0.2) is 4.98 Å². The van der Waals surface area contributed by atoms with Crippen LogP contribution in [0.3, 0.4) is 0 Å². The SMILES string of the molecule is CC1(C)CC=C(C2=C(NC(=O)c3nc(C#N)c[nH]3)C=CC(C3(O)CC(C)(C)N(CC(F)(F)F)C(C)(C)C3)C2)CC1. The highest BCUT2D eigenvalue weighted by atomic mass is 19.4. The summed E-state index contributed by atoms with van der Waals surface area (Å²) < 4.78 is 40.5. The van der Waals surface area contributed by atoms with E-state index in [0.717, 1.165) is 30.4 Å². The minimum Gasteiger partial charge on any atom is -0.389 e. The number of aromatic nitrogens is 2. The van der Waals surface area contributed by atoms with Gasteiger partial charge in [-0.15, -0.1) is 0 Å². The summed E-state index contributed by atoms with van der Waals surface area (Å²) in [6, 6.07) is 1.90. The number of aliphatic hydroxyl groups is 1. The molecule has 1 aromatic heterocycles. The number of aromatic amines is 1. The number of hydrogen-bond donors (Lipinski definition) is 3. The predicted molar refractivity (Wildman–Crippen MR) is 146 cm³/mol. The third-order valence-corrected chi connectivity index (χ3v) is 8.73. The molecule has 2 aliphatic carbocycles. The topological polar surface area (TPSA) is 105 Å². The van der Waals surface area contributed by atoms with E-state index in [4.69, 9.17) is 5.26 Å². The number of alkyl halides is 3. The molecule has 1 saturated heterocycles. The van der Waals surface area contributed by atoms with Crippen molar-refractivity contribution in [1.29, 1.82) is 5.26 Å². The van der Waals surface area contributed by atoms with Crippen molar-refractivity contribution in [1.82, 2.24) is 20.2 Å². The van der Waals surface area contributed by atoms with Crippen molar-refractivity contribution < 1.29 is 23.1 Å². The van der Waals surface area contributed by atoms with Gasteiger partial charge in [0.05, 0.1) is 12.1 Å². The maximum atomic E-state index is 13.5. The number of carbonyl (C=O) groups is 1. The second-order valence-corrected chi connectivity index (χ2v) is 13.6. The Morgan fingerprint density at radius 1 is 1.23 bits per heavy atom. The largest absolute Gasteiger partial charge is 0.401 e. The second-order valence-electron chi connectivity index (χ2n) is 13.6. The smallest absolute Gasteiger partial charge is 0.389 e. The van der Waals surface area contributed by atoms with Gasteiger partial charge in [-0.3, -0.25) is 9.69 Å². The first kappa shape index (κ1) is 30.1. The Bertz CT molecular complexity index is 1270. The summed E-state index contributed by atoms with van der Waals surface area (Å²) in [6.07, 6.45) is 6.37. The van der Waals surface area contributed by atoms with Gasteiger partial charge in [0.25, 0.3) is 5.91 Å². The molecule has 1 fully saturated rings. The minimum atomic E-state index is -4.35. The van der Waals surface area contributed by atoms with Crippen LogP contribution < -0.4 is 5.32 Å². The van der Waals surface area contributed by atoms with Gasteiger partial charge in [0.2, 0.25) is 0 Å². The van der Waals surface area contributed by atoms with Crippen LogP contribution >= 0.6 is 0 Å². The third-order valence-electron chi connectivity index (χ3n) is 8.73. The summed E-state index contributed by atoms with van der Waals surface area (Å²) in [7, 11) is 0. The molecule has 40 heavy (non-hydrogen) atoms. The Hall–Kier alpha value is -2.90. The first-order valence-corrected chi connectivity index (χ1v) is 13.8. The van der Waals surface area contributed by atoms with Crippen LogP contribution in [0.5, 0.6) is 0 Å². The molecule has 1 aliphatic heterocycles. The molecule has 1 amide bonds. The number of hydrogen-bond acceptors (Lipinski definition) is 5. The molecular weight excluding hydrogens is 519 g/mol. The van der Waals surface area contributed by atoms with Crippen LogP contribution in [-0.2, 0) is 0 Å². The fourth-order valence-electron chi connectivity index (χ4n) is 6.97. The fourth-order valence-corrected chi connectivity index (χ4v) is 6.97. The lowest BCUT2D eigenvalue weighted by atomic mass is 9.63. The second kappa shape index (κ2) is 10.2. The standard InChI is InChI=1S/C30H40F3N5O2/c1-26(2)11-9-19(10-12-26)22-13-20(7-8-23(22)37-25(39)24-35-15-21(14-34)36-24)29(40)16-27(3,4)38(18-30(31,32)33)28(5,6)17-29/h7-9,15,20,40H,10-13,16-18H2,1-6H3,(H,35,36)(H,37,39). The highest BCUT2D eigenvalue weighted by Gasteiger charge is 2.56. The van der Waals surface area contributed by atoms with E-state index >= 15 is 0 Å². The Balaban J connectivity index is 1.65. The molecule has 0 spiro atoms. The van der Waals surface area contributed by atoms with Crippen LogP contribution in [0.1, 0.15) is 96.4 Å². The van der Waals surface area contributed by atoms with Gasteiger partial charge in [0, 0.05) is 28.9 Å². The molecular formula is C30H40F3N5O2. The number of halogens is 3. The molecule has 2 heterocycles. The Kier molecular flexibility index (Phi) is 7.65. The molecule has 1 unspecified atom stereocenters. The number of likely N-dealkylation sites (tertiary alicyclic amines) is 1. The van der Waals surface area contributed by atoms with Crippen LogP contribution in [0.2, 0.25) is 0 Å². The molecule has 218 valence electrons. The van der Waals surface area contributed by atoms with Gasteiger partial charge >= 0.3 is 6.18 Å². The number of carbonyl (C=O) groups excluding carboxylic acids is 1. The fraction of sp³-hybridized carbons (Fsp3) is 0.633. The molecule has 1 atom stereocenters. The van der Waals surface area contributed by atoms with Crippen LogP contribution in [-0.4, -0.2) is 55.3 Å². The highest BCUT2D eigenvalue weighted by molar-refractivity contribution is 5.92. The van der Waals surface area contributed by atoms with Crippen molar-refractivity contribution in [3.63, 3.8) is 0 Å². The first-order chi connectivity index (χ1) is 18.3. The maximum Gasteiger partial charge on any atom is 0.401 e. The number of nitrogens with zero attached hydrogens (tertiary/aromatic N) is 3. The quantitative estimate of drug-likeness (QED) is 0.415. The lowest BCUT2D eigenvalue weighted by molar-refractivity contribution is -0.210.